The number of aromatic nitrogens is 3. The molecule has 3 N–H and O–H groups in total. The fourth-order valence-electron chi connectivity index (χ4n) is 3.16. The van der Waals surface area contributed by atoms with Crippen LogP contribution in [-0.2, 0) is 5.54 Å². The van der Waals surface area contributed by atoms with Gasteiger partial charge in [0.1, 0.15) is 0 Å². The van der Waals surface area contributed by atoms with Gasteiger partial charge < -0.3 is 5.73 Å². The number of pyridine rings is 1. The molecule has 0 aliphatic carbocycles. The summed E-state index contributed by atoms with van der Waals surface area (Å²) in [6.07, 6.45) is 5.55. The van der Waals surface area contributed by atoms with Crippen LogP contribution >= 0.6 is 0 Å². The van der Waals surface area contributed by atoms with Gasteiger partial charge in [-0.2, -0.15) is 5.10 Å². The van der Waals surface area contributed by atoms with Gasteiger partial charge in [0, 0.05) is 34.4 Å². The van der Waals surface area contributed by atoms with Gasteiger partial charge in [-0.05, 0) is 42.7 Å². The van der Waals surface area contributed by atoms with E-state index in [0.717, 1.165) is 38.7 Å². The molecule has 25 heavy (non-hydrogen) atoms. The number of hydrogen-bond donors (Lipinski definition) is 2. The Morgan fingerprint density at radius 1 is 0.920 bits per heavy atom. The highest BCUT2D eigenvalue weighted by Crippen LogP contribution is 2.37. The molecule has 2 aromatic carbocycles. The summed E-state index contributed by atoms with van der Waals surface area (Å²) in [7, 11) is 0. The number of benzene rings is 2. The van der Waals surface area contributed by atoms with E-state index in [2.05, 4.69) is 57.6 Å². The predicted molar refractivity (Wildman–Crippen MR) is 102 cm³/mol. The van der Waals surface area contributed by atoms with Crippen molar-refractivity contribution in [1.82, 2.24) is 15.2 Å². The molecule has 2 aromatic heterocycles. The van der Waals surface area contributed by atoms with E-state index in [1.807, 2.05) is 32.3 Å². The van der Waals surface area contributed by atoms with Crippen LogP contribution < -0.4 is 5.73 Å². The van der Waals surface area contributed by atoms with Crippen molar-refractivity contribution >= 4 is 10.9 Å². The van der Waals surface area contributed by atoms with Crippen LogP contribution in [0.4, 0.5) is 0 Å². The molecule has 0 aliphatic rings. The number of fused-ring (bicyclic) bond motifs is 1. The molecule has 0 spiro atoms. The monoisotopic (exact) mass is 328 g/mol. The second-order valence-corrected chi connectivity index (χ2v) is 6.86. The molecule has 0 saturated heterocycles. The molecule has 4 heteroatoms. The molecule has 0 bridgehead atoms. The minimum Gasteiger partial charge on any atom is -0.322 e. The Hall–Kier alpha value is -2.98. The fraction of sp³-hybridized carbons (Fsp3) is 0.143. The van der Waals surface area contributed by atoms with Gasteiger partial charge in [0.2, 0.25) is 0 Å². The van der Waals surface area contributed by atoms with Gasteiger partial charge in [-0.15, -0.1) is 0 Å². The summed E-state index contributed by atoms with van der Waals surface area (Å²) < 4.78 is 0. The van der Waals surface area contributed by atoms with E-state index in [1.165, 1.54) is 0 Å². The first-order valence-electron chi connectivity index (χ1n) is 8.30. The van der Waals surface area contributed by atoms with Gasteiger partial charge in [0.15, 0.2) is 0 Å². The largest absolute Gasteiger partial charge is 0.322 e. The molecule has 0 amide bonds. The Bertz CT molecular complexity index is 1010. The van der Waals surface area contributed by atoms with E-state index in [1.54, 1.807) is 6.20 Å². The predicted octanol–water partition coefficient (Wildman–Crippen LogP) is 4.49. The van der Waals surface area contributed by atoms with E-state index in [0.29, 0.717) is 0 Å². The number of hydrogen-bond acceptors (Lipinski definition) is 3. The summed E-state index contributed by atoms with van der Waals surface area (Å²) in [5.41, 5.74) is 12.5. The first kappa shape index (κ1) is 15.5. The lowest BCUT2D eigenvalue weighted by Crippen LogP contribution is -2.28. The van der Waals surface area contributed by atoms with Crippen molar-refractivity contribution in [2.24, 2.45) is 5.73 Å². The molecule has 4 nitrogen and oxygen atoms in total. The highest BCUT2D eigenvalue weighted by molar-refractivity contribution is 6.02. The SMILES string of the molecule is CC(C)(N)c1ccc(-c2ccc3[nH]ncc3c2-c2cccnc2)cc1. The summed E-state index contributed by atoms with van der Waals surface area (Å²) in [6, 6.07) is 16.7. The quantitative estimate of drug-likeness (QED) is 0.582. The average molecular weight is 328 g/mol. The molecule has 0 atom stereocenters. The van der Waals surface area contributed by atoms with E-state index < -0.39 is 0 Å². The highest BCUT2D eigenvalue weighted by Gasteiger charge is 2.16. The summed E-state index contributed by atoms with van der Waals surface area (Å²) in [4.78, 5) is 4.29. The summed E-state index contributed by atoms with van der Waals surface area (Å²) in [5.74, 6) is 0. The molecule has 4 rings (SSSR count). The molecule has 0 radical (unpaired) electrons. The highest BCUT2D eigenvalue weighted by atomic mass is 15.1. The lowest BCUT2D eigenvalue weighted by Gasteiger charge is -2.20. The molecule has 4 aromatic rings. The van der Waals surface area contributed by atoms with Crippen LogP contribution in [0.5, 0.6) is 0 Å². The Morgan fingerprint density at radius 2 is 1.72 bits per heavy atom. The smallest absolute Gasteiger partial charge is 0.0657 e. The molecule has 124 valence electrons. The molecular weight excluding hydrogens is 308 g/mol. The third-order valence-corrected chi connectivity index (χ3v) is 4.51. The third-order valence-electron chi connectivity index (χ3n) is 4.51. The Labute approximate surface area is 146 Å². The van der Waals surface area contributed by atoms with Crippen molar-refractivity contribution in [2.45, 2.75) is 19.4 Å². The topological polar surface area (TPSA) is 67.6 Å². The second-order valence-electron chi connectivity index (χ2n) is 6.86. The van der Waals surface area contributed by atoms with E-state index in [-0.39, 0.29) is 5.54 Å². The van der Waals surface area contributed by atoms with Gasteiger partial charge >= 0.3 is 0 Å². The van der Waals surface area contributed by atoms with Crippen molar-refractivity contribution in [3.05, 3.63) is 72.7 Å². The standard InChI is InChI=1S/C21H20N4/c1-21(2,22)16-7-5-14(6-8-16)17-9-10-19-18(13-24-25-19)20(17)15-4-3-11-23-12-15/h3-13H,22H2,1-2H3,(H,24,25). The minimum absolute atomic E-state index is 0.348. The summed E-state index contributed by atoms with van der Waals surface area (Å²) >= 11 is 0. The maximum Gasteiger partial charge on any atom is 0.0657 e. The zero-order valence-electron chi connectivity index (χ0n) is 14.3. The number of nitrogens with one attached hydrogen (secondary N) is 1. The zero-order valence-corrected chi connectivity index (χ0v) is 14.3. The van der Waals surface area contributed by atoms with Crippen LogP contribution in [-0.4, -0.2) is 15.2 Å². The van der Waals surface area contributed by atoms with E-state index >= 15 is 0 Å². The Balaban J connectivity index is 1.93. The molecule has 2 heterocycles. The molecule has 0 fully saturated rings. The normalized spacial score (nSPS) is 11.8. The van der Waals surface area contributed by atoms with Crippen molar-refractivity contribution in [1.29, 1.82) is 0 Å². The van der Waals surface area contributed by atoms with Crippen LogP contribution in [0.25, 0.3) is 33.2 Å². The Kier molecular flexibility index (Phi) is 3.62. The van der Waals surface area contributed by atoms with Crippen LogP contribution in [0, 0.1) is 0 Å². The van der Waals surface area contributed by atoms with Gasteiger partial charge in [0.05, 0.1) is 11.7 Å². The Morgan fingerprint density at radius 3 is 2.40 bits per heavy atom. The van der Waals surface area contributed by atoms with Crippen molar-refractivity contribution in [3.8, 4) is 22.3 Å². The molecular formula is C21H20N4. The molecule has 0 saturated carbocycles. The minimum atomic E-state index is -0.348. The second kappa shape index (κ2) is 5.83. The first-order chi connectivity index (χ1) is 12.0. The van der Waals surface area contributed by atoms with Gasteiger partial charge in [-0.25, -0.2) is 0 Å². The lowest BCUT2D eigenvalue weighted by molar-refractivity contribution is 0.554. The maximum atomic E-state index is 6.21. The van der Waals surface area contributed by atoms with Crippen LogP contribution in [0.1, 0.15) is 19.4 Å². The molecule has 0 unspecified atom stereocenters. The summed E-state index contributed by atoms with van der Waals surface area (Å²) in [5, 5.41) is 8.35. The summed E-state index contributed by atoms with van der Waals surface area (Å²) in [6.45, 7) is 4.03. The number of nitrogens with two attached hydrogens (primary N) is 1. The van der Waals surface area contributed by atoms with Crippen LogP contribution in [0.2, 0.25) is 0 Å². The number of nitrogens with zero attached hydrogens (tertiary/aromatic N) is 2. The number of rotatable bonds is 3. The van der Waals surface area contributed by atoms with Crippen molar-refractivity contribution < 1.29 is 0 Å². The first-order valence-corrected chi connectivity index (χ1v) is 8.30. The average Bonchev–Trinajstić information content (AvgIpc) is 3.09. The lowest BCUT2D eigenvalue weighted by atomic mass is 9.90. The maximum absolute atomic E-state index is 6.21. The van der Waals surface area contributed by atoms with Gasteiger partial charge in [0.25, 0.3) is 0 Å². The zero-order chi connectivity index (χ0) is 17.4. The van der Waals surface area contributed by atoms with E-state index in [4.69, 9.17) is 5.73 Å². The fourth-order valence-corrected chi connectivity index (χ4v) is 3.16. The van der Waals surface area contributed by atoms with Crippen molar-refractivity contribution in [3.63, 3.8) is 0 Å². The number of aromatic amines is 1. The van der Waals surface area contributed by atoms with Gasteiger partial charge in [-0.3, -0.25) is 10.1 Å². The van der Waals surface area contributed by atoms with Crippen LogP contribution in [0.15, 0.2) is 67.1 Å². The van der Waals surface area contributed by atoms with Crippen molar-refractivity contribution in [2.75, 3.05) is 0 Å². The number of H-pyrrole nitrogens is 1. The third kappa shape index (κ3) is 2.81. The van der Waals surface area contributed by atoms with Crippen LogP contribution in [0.3, 0.4) is 0 Å². The molecule has 0 aliphatic heterocycles. The van der Waals surface area contributed by atoms with Gasteiger partial charge in [-0.1, -0.05) is 36.4 Å². The van der Waals surface area contributed by atoms with E-state index in [9.17, 15) is 0 Å².